The summed E-state index contributed by atoms with van der Waals surface area (Å²) >= 11 is 0. The highest BCUT2D eigenvalue weighted by atomic mass is 16.5. The van der Waals surface area contributed by atoms with Crippen molar-refractivity contribution in [3.05, 3.63) is 0 Å². The van der Waals surface area contributed by atoms with Crippen molar-refractivity contribution in [1.29, 1.82) is 0 Å². The van der Waals surface area contributed by atoms with E-state index in [0.29, 0.717) is 19.0 Å². The fourth-order valence-corrected chi connectivity index (χ4v) is 2.71. The van der Waals surface area contributed by atoms with Crippen molar-refractivity contribution in [2.75, 3.05) is 26.7 Å². The summed E-state index contributed by atoms with van der Waals surface area (Å²) in [5.41, 5.74) is 0. The van der Waals surface area contributed by atoms with Gasteiger partial charge in [0.05, 0.1) is 13.0 Å². The van der Waals surface area contributed by atoms with Crippen LogP contribution in [0.2, 0.25) is 0 Å². The molecular weight excluding hydrogens is 268 g/mol. The molecule has 5 heteroatoms. The number of rotatable bonds is 6. The largest absolute Gasteiger partial charge is 0.469 e. The van der Waals surface area contributed by atoms with Crippen LogP contribution < -0.4 is 5.32 Å². The van der Waals surface area contributed by atoms with Crippen molar-refractivity contribution < 1.29 is 14.3 Å². The van der Waals surface area contributed by atoms with Gasteiger partial charge in [0.25, 0.3) is 0 Å². The molecule has 1 aliphatic rings. The van der Waals surface area contributed by atoms with Crippen molar-refractivity contribution in [1.82, 2.24) is 10.2 Å². The molecule has 0 aromatic rings. The Hall–Kier alpha value is -1.10. The highest BCUT2D eigenvalue weighted by Gasteiger charge is 2.34. The molecule has 2 atom stereocenters. The van der Waals surface area contributed by atoms with Crippen LogP contribution in [0.5, 0.6) is 0 Å². The number of hydrogen-bond donors (Lipinski definition) is 1. The molecule has 1 aliphatic heterocycles. The predicted octanol–water partition coefficient (Wildman–Crippen LogP) is 1.67. The molecule has 21 heavy (non-hydrogen) atoms. The summed E-state index contributed by atoms with van der Waals surface area (Å²) < 4.78 is 4.86. The van der Waals surface area contributed by atoms with Gasteiger partial charge in [0.1, 0.15) is 0 Å². The van der Waals surface area contributed by atoms with Crippen LogP contribution in [0.15, 0.2) is 0 Å². The quantitative estimate of drug-likeness (QED) is 0.758. The van der Waals surface area contributed by atoms with E-state index >= 15 is 0 Å². The van der Waals surface area contributed by atoms with Gasteiger partial charge in [-0.05, 0) is 25.3 Å². The number of carbonyl (C=O) groups is 2. The maximum atomic E-state index is 12.2. The fraction of sp³-hybridized carbons (Fsp3) is 0.875. The lowest BCUT2D eigenvalue weighted by molar-refractivity contribution is -0.150. The van der Waals surface area contributed by atoms with Gasteiger partial charge in [0, 0.05) is 25.0 Å². The zero-order chi connectivity index (χ0) is 16.0. The number of ether oxygens (including phenoxy) is 1. The summed E-state index contributed by atoms with van der Waals surface area (Å²) in [6, 6.07) is 0.171. The first-order chi connectivity index (χ1) is 9.85. The smallest absolute Gasteiger partial charge is 0.310 e. The average molecular weight is 298 g/mol. The standard InChI is InChI=1S/C16H30N2O3/c1-11(2)6-7-17-14-8-13(16(20)21-5)9-18(10-14)15(19)12(3)4/h11-14,17H,6-10H2,1-5H3. The molecule has 5 nitrogen and oxygen atoms in total. The number of amides is 1. The molecule has 0 aromatic heterocycles. The van der Waals surface area contributed by atoms with Gasteiger partial charge in [-0.25, -0.2) is 0 Å². The molecular formula is C16H30N2O3. The number of nitrogens with zero attached hydrogens (tertiary/aromatic N) is 1. The van der Waals surface area contributed by atoms with Gasteiger partial charge in [-0.15, -0.1) is 0 Å². The van der Waals surface area contributed by atoms with Crippen LogP contribution >= 0.6 is 0 Å². The summed E-state index contributed by atoms with van der Waals surface area (Å²) in [5.74, 6) is 0.276. The van der Waals surface area contributed by atoms with Gasteiger partial charge in [0.2, 0.25) is 5.91 Å². The molecule has 1 fully saturated rings. The molecule has 0 saturated carbocycles. The Kier molecular flexibility index (Phi) is 7.15. The van der Waals surface area contributed by atoms with E-state index in [2.05, 4.69) is 19.2 Å². The molecule has 1 rings (SSSR count). The van der Waals surface area contributed by atoms with Crippen LogP contribution in [0.25, 0.3) is 0 Å². The van der Waals surface area contributed by atoms with E-state index < -0.39 is 0 Å². The van der Waals surface area contributed by atoms with Crippen LogP contribution in [0.4, 0.5) is 0 Å². The first-order valence-corrected chi connectivity index (χ1v) is 7.95. The minimum absolute atomic E-state index is 0.0438. The lowest BCUT2D eigenvalue weighted by Crippen LogP contribution is -2.54. The number of methoxy groups -OCH3 is 1. The first kappa shape index (κ1) is 18.0. The van der Waals surface area contributed by atoms with Crippen molar-refractivity contribution in [2.45, 2.75) is 46.6 Å². The Bertz CT molecular complexity index is 355. The van der Waals surface area contributed by atoms with E-state index in [1.165, 1.54) is 7.11 Å². The average Bonchev–Trinajstić information content (AvgIpc) is 2.44. The number of piperidine rings is 1. The van der Waals surface area contributed by atoms with Crippen LogP contribution in [0.1, 0.15) is 40.5 Å². The van der Waals surface area contributed by atoms with Gasteiger partial charge in [0.15, 0.2) is 0 Å². The lowest BCUT2D eigenvalue weighted by atomic mass is 9.93. The molecule has 0 aliphatic carbocycles. The summed E-state index contributed by atoms with van der Waals surface area (Å²) in [6.45, 7) is 10.2. The molecule has 2 unspecified atom stereocenters. The van der Waals surface area contributed by atoms with Gasteiger partial charge >= 0.3 is 5.97 Å². The molecule has 0 spiro atoms. The Labute approximate surface area is 128 Å². The predicted molar refractivity (Wildman–Crippen MR) is 82.8 cm³/mol. The van der Waals surface area contributed by atoms with E-state index in [4.69, 9.17) is 4.74 Å². The van der Waals surface area contributed by atoms with Crippen LogP contribution in [-0.2, 0) is 14.3 Å². The van der Waals surface area contributed by atoms with Crippen LogP contribution in [0.3, 0.4) is 0 Å². The fourth-order valence-electron chi connectivity index (χ4n) is 2.71. The second kappa shape index (κ2) is 8.37. The van der Waals surface area contributed by atoms with Crippen LogP contribution in [0, 0.1) is 17.8 Å². The van der Waals surface area contributed by atoms with E-state index in [0.717, 1.165) is 19.4 Å². The summed E-state index contributed by atoms with van der Waals surface area (Å²) in [4.78, 5) is 25.9. The second-order valence-corrected chi connectivity index (χ2v) is 6.69. The third-order valence-corrected chi connectivity index (χ3v) is 3.95. The number of nitrogens with one attached hydrogen (secondary N) is 1. The van der Waals surface area contributed by atoms with Crippen molar-refractivity contribution in [3.8, 4) is 0 Å². The van der Waals surface area contributed by atoms with Gasteiger partial charge < -0.3 is 15.0 Å². The van der Waals surface area contributed by atoms with E-state index in [1.54, 1.807) is 0 Å². The highest BCUT2D eigenvalue weighted by Crippen LogP contribution is 2.20. The van der Waals surface area contributed by atoms with Gasteiger partial charge in [-0.1, -0.05) is 27.7 Å². The second-order valence-electron chi connectivity index (χ2n) is 6.69. The maximum Gasteiger partial charge on any atom is 0.310 e. The number of likely N-dealkylation sites (tertiary alicyclic amines) is 1. The molecule has 1 heterocycles. The normalized spacial score (nSPS) is 22.7. The highest BCUT2D eigenvalue weighted by molar-refractivity contribution is 5.80. The van der Waals surface area contributed by atoms with Crippen molar-refractivity contribution >= 4 is 11.9 Å². The number of hydrogen-bond acceptors (Lipinski definition) is 4. The molecule has 0 radical (unpaired) electrons. The number of carbonyl (C=O) groups excluding carboxylic acids is 2. The summed E-state index contributed by atoms with van der Waals surface area (Å²) in [6.07, 6.45) is 1.84. The molecule has 1 saturated heterocycles. The maximum absolute atomic E-state index is 12.2. The number of esters is 1. The Balaban J connectivity index is 2.65. The Morgan fingerprint density at radius 2 is 1.90 bits per heavy atom. The summed E-state index contributed by atoms with van der Waals surface area (Å²) in [5, 5.41) is 3.48. The van der Waals surface area contributed by atoms with Crippen molar-refractivity contribution in [3.63, 3.8) is 0 Å². The summed E-state index contributed by atoms with van der Waals surface area (Å²) in [7, 11) is 1.41. The molecule has 0 bridgehead atoms. The molecule has 0 aromatic carbocycles. The minimum Gasteiger partial charge on any atom is -0.469 e. The van der Waals surface area contributed by atoms with Crippen molar-refractivity contribution in [2.24, 2.45) is 17.8 Å². The third kappa shape index (κ3) is 5.65. The van der Waals surface area contributed by atoms with Gasteiger partial charge in [-0.2, -0.15) is 0 Å². The van der Waals surface area contributed by atoms with Crippen LogP contribution in [-0.4, -0.2) is 49.6 Å². The zero-order valence-electron chi connectivity index (χ0n) is 14.0. The monoisotopic (exact) mass is 298 g/mol. The Morgan fingerprint density at radius 1 is 1.24 bits per heavy atom. The minimum atomic E-state index is -0.219. The van der Waals surface area contributed by atoms with E-state index in [1.807, 2.05) is 18.7 Å². The topological polar surface area (TPSA) is 58.6 Å². The SMILES string of the molecule is COC(=O)C1CC(NCCC(C)C)CN(C(=O)C(C)C)C1. The van der Waals surface area contributed by atoms with E-state index in [9.17, 15) is 9.59 Å². The van der Waals surface area contributed by atoms with Gasteiger partial charge in [-0.3, -0.25) is 9.59 Å². The lowest BCUT2D eigenvalue weighted by Gasteiger charge is -2.38. The first-order valence-electron chi connectivity index (χ1n) is 7.95. The molecule has 1 N–H and O–H groups in total. The third-order valence-electron chi connectivity index (χ3n) is 3.95. The zero-order valence-corrected chi connectivity index (χ0v) is 14.0. The molecule has 1 amide bonds. The molecule has 122 valence electrons. The Morgan fingerprint density at radius 3 is 2.43 bits per heavy atom. The van der Waals surface area contributed by atoms with E-state index in [-0.39, 0.29) is 29.8 Å².